The maximum absolute atomic E-state index is 11.3. The van der Waals surface area contributed by atoms with Crippen molar-refractivity contribution in [2.45, 2.75) is 13.3 Å². The van der Waals surface area contributed by atoms with E-state index in [1.807, 2.05) is 6.92 Å². The first-order valence-electron chi connectivity index (χ1n) is 3.94. The van der Waals surface area contributed by atoms with E-state index in [0.717, 1.165) is 12.1 Å². The summed E-state index contributed by atoms with van der Waals surface area (Å²) in [5.74, 6) is 0.243. The van der Waals surface area contributed by atoms with Gasteiger partial charge in [0, 0.05) is 5.71 Å². The number of amidine groups is 1. The van der Waals surface area contributed by atoms with Crippen molar-refractivity contribution in [2.75, 3.05) is 0 Å². The topological polar surface area (TPSA) is 53.8 Å². The summed E-state index contributed by atoms with van der Waals surface area (Å²) in [5, 5.41) is 2.65. The molecule has 0 bridgehead atoms. The Morgan fingerprint density at radius 3 is 3.00 bits per heavy atom. The van der Waals surface area contributed by atoms with Gasteiger partial charge in [0.05, 0.1) is 5.57 Å². The zero-order valence-corrected chi connectivity index (χ0v) is 7.81. The molecule has 0 saturated heterocycles. The molecule has 4 nitrogen and oxygen atoms in total. The van der Waals surface area contributed by atoms with Crippen LogP contribution in [0.3, 0.4) is 0 Å². The maximum atomic E-state index is 11.3. The lowest BCUT2D eigenvalue weighted by Gasteiger charge is -2.09. The number of hydrogen-bond acceptors (Lipinski definition) is 3. The molecule has 0 aromatic carbocycles. The van der Waals surface area contributed by atoms with Gasteiger partial charge in [-0.05, 0) is 24.7 Å². The van der Waals surface area contributed by atoms with Crippen LogP contribution in [0.5, 0.6) is 0 Å². The largest absolute Gasteiger partial charge is 0.297 e. The van der Waals surface area contributed by atoms with E-state index in [-0.39, 0.29) is 11.0 Å². The van der Waals surface area contributed by atoms with Crippen molar-refractivity contribution in [2.24, 2.45) is 9.98 Å². The van der Waals surface area contributed by atoms with Crippen LogP contribution in [0.25, 0.3) is 0 Å². The number of allylic oxidation sites excluding steroid dienone is 1. The van der Waals surface area contributed by atoms with Gasteiger partial charge in [-0.3, -0.25) is 10.1 Å². The Balaban J connectivity index is 2.46. The van der Waals surface area contributed by atoms with Crippen LogP contribution in [0.4, 0.5) is 0 Å². The number of fused-ring (bicyclic) bond motifs is 1. The van der Waals surface area contributed by atoms with E-state index < -0.39 is 0 Å². The molecule has 0 saturated carbocycles. The standard InChI is InChI=1S/C8H7N3OS/c1-2-4-3-5-6(9-4)10-8(13)11-7(5)12/h3H,2H2,1H3,(H,11,12,13). The minimum atomic E-state index is -0.206. The molecule has 66 valence electrons. The first-order valence-corrected chi connectivity index (χ1v) is 4.35. The molecule has 2 heterocycles. The van der Waals surface area contributed by atoms with E-state index in [9.17, 15) is 4.79 Å². The highest BCUT2D eigenvalue weighted by Crippen LogP contribution is 2.14. The van der Waals surface area contributed by atoms with Crippen LogP contribution in [-0.2, 0) is 4.79 Å². The first-order chi connectivity index (χ1) is 6.20. The molecule has 0 spiro atoms. The lowest BCUT2D eigenvalue weighted by molar-refractivity contribution is -0.115. The van der Waals surface area contributed by atoms with E-state index in [1.165, 1.54) is 0 Å². The van der Waals surface area contributed by atoms with E-state index in [0.29, 0.717) is 11.4 Å². The second-order valence-electron chi connectivity index (χ2n) is 2.71. The molecule has 0 aliphatic carbocycles. The summed E-state index contributed by atoms with van der Waals surface area (Å²) in [5.41, 5.74) is 1.39. The van der Waals surface area contributed by atoms with E-state index in [1.54, 1.807) is 6.08 Å². The third kappa shape index (κ3) is 1.31. The number of carbonyl (C=O) groups excluding carboxylic acids is 1. The number of carbonyl (C=O) groups is 1. The second kappa shape index (κ2) is 2.85. The van der Waals surface area contributed by atoms with Gasteiger partial charge >= 0.3 is 0 Å². The Labute approximate surface area is 80.5 Å². The van der Waals surface area contributed by atoms with Gasteiger partial charge in [-0.25, -0.2) is 4.99 Å². The van der Waals surface area contributed by atoms with Crippen LogP contribution < -0.4 is 5.32 Å². The van der Waals surface area contributed by atoms with Crippen molar-refractivity contribution in [3.05, 3.63) is 11.6 Å². The van der Waals surface area contributed by atoms with E-state index in [4.69, 9.17) is 12.2 Å². The van der Waals surface area contributed by atoms with Crippen molar-refractivity contribution in [1.82, 2.24) is 5.32 Å². The average Bonchev–Trinajstić information content (AvgIpc) is 2.47. The quantitative estimate of drug-likeness (QED) is 0.620. The number of amides is 1. The zero-order chi connectivity index (χ0) is 9.42. The Morgan fingerprint density at radius 1 is 1.54 bits per heavy atom. The van der Waals surface area contributed by atoms with Crippen LogP contribution in [0.2, 0.25) is 0 Å². The van der Waals surface area contributed by atoms with Gasteiger partial charge in [0.1, 0.15) is 0 Å². The molecule has 0 radical (unpaired) electrons. The molecule has 0 fully saturated rings. The Hall–Kier alpha value is -1.36. The fraction of sp³-hybridized carbons (Fsp3) is 0.250. The van der Waals surface area contributed by atoms with Crippen LogP contribution in [0.1, 0.15) is 13.3 Å². The van der Waals surface area contributed by atoms with Gasteiger partial charge in [-0.1, -0.05) is 6.92 Å². The Morgan fingerprint density at radius 2 is 2.31 bits per heavy atom. The molecule has 5 heteroatoms. The molecule has 1 N–H and O–H groups in total. The summed E-state index contributed by atoms with van der Waals surface area (Å²) < 4.78 is 0. The molecule has 13 heavy (non-hydrogen) atoms. The van der Waals surface area contributed by atoms with Crippen molar-refractivity contribution in [1.29, 1.82) is 0 Å². The fourth-order valence-electron chi connectivity index (χ4n) is 1.18. The van der Waals surface area contributed by atoms with Crippen molar-refractivity contribution in [3.63, 3.8) is 0 Å². The number of thiocarbonyl (C=S) groups is 1. The Bertz CT molecular complexity index is 392. The summed E-state index contributed by atoms with van der Waals surface area (Å²) in [6.45, 7) is 1.98. The highest BCUT2D eigenvalue weighted by molar-refractivity contribution is 7.80. The molecule has 0 aromatic rings. The lowest BCUT2D eigenvalue weighted by Crippen LogP contribution is -2.35. The van der Waals surface area contributed by atoms with Gasteiger partial charge in [0.2, 0.25) is 5.11 Å². The number of aliphatic imine (C=N–C) groups is 2. The highest BCUT2D eigenvalue weighted by Gasteiger charge is 2.26. The summed E-state index contributed by atoms with van der Waals surface area (Å²) >= 11 is 4.77. The predicted molar refractivity (Wildman–Crippen MR) is 54.0 cm³/mol. The Kier molecular flexibility index (Phi) is 1.81. The first kappa shape index (κ1) is 8.25. The average molecular weight is 193 g/mol. The smallest absolute Gasteiger partial charge is 0.261 e. The molecule has 1 amide bonds. The normalized spacial score (nSPS) is 20.2. The lowest BCUT2D eigenvalue weighted by atomic mass is 10.2. The van der Waals surface area contributed by atoms with Crippen molar-refractivity contribution < 1.29 is 4.79 Å². The third-order valence-corrected chi connectivity index (χ3v) is 2.03. The fourth-order valence-corrected chi connectivity index (χ4v) is 1.36. The molecule has 0 aromatic heterocycles. The number of nitrogens with zero attached hydrogens (tertiary/aromatic N) is 2. The molecule has 2 rings (SSSR count). The van der Waals surface area contributed by atoms with Crippen LogP contribution >= 0.6 is 12.2 Å². The van der Waals surface area contributed by atoms with Crippen LogP contribution in [0, 0.1) is 0 Å². The minimum Gasteiger partial charge on any atom is -0.297 e. The van der Waals surface area contributed by atoms with Crippen molar-refractivity contribution in [3.8, 4) is 0 Å². The van der Waals surface area contributed by atoms with Crippen LogP contribution in [-0.4, -0.2) is 22.6 Å². The predicted octanol–water partition coefficient (Wildman–Crippen LogP) is 0.591. The third-order valence-electron chi connectivity index (χ3n) is 1.84. The van der Waals surface area contributed by atoms with Gasteiger partial charge in [0.15, 0.2) is 5.84 Å². The van der Waals surface area contributed by atoms with Gasteiger partial charge < -0.3 is 0 Å². The summed E-state index contributed by atoms with van der Waals surface area (Å²) in [4.78, 5) is 19.4. The molecule has 2 aliphatic heterocycles. The second-order valence-corrected chi connectivity index (χ2v) is 3.10. The molecule has 0 atom stereocenters. The highest BCUT2D eigenvalue weighted by atomic mass is 32.1. The van der Waals surface area contributed by atoms with E-state index >= 15 is 0 Å². The van der Waals surface area contributed by atoms with Crippen molar-refractivity contribution >= 4 is 34.8 Å². The van der Waals surface area contributed by atoms with Crippen LogP contribution in [0.15, 0.2) is 21.6 Å². The molecular weight excluding hydrogens is 186 g/mol. The summed E-state index contributed by atoms with van der Waals surface area (Å²) in [6, 6.07) is 0. The minimum absolute atomic E-state index is 0.193. The molecule has 2 aliphatic rings. The molecular formula is C8H7N3OS. The van der Waals surface area contributed by atoms with Gasteiger partial charge in [-0.15, -0.1) is 0 Å². The number of rotatable bonds is 1. The summed E-state index contributed by atoms with van der Waals surface area (Å²) in [7, 11) is 0. The van der Waals surface area contributed by atoms with Gasteiger partial charge in [0.25, 0.3) is 5.91 Å². The zero-order valence-electron chi connectivity index (χ0n) is 7.00. The van der Waals surface area contributed by atoms with Gasteiger partial charge in [-0.2, -0.15) is 4.99 Å². The summed E-state index contributed by atoms with van der Waals surface area (Å²) in [6.07, 6.45) is 2.54. The number of nitrogens with one attached hydrogen (secondary N) is 1. The monoisotopic (exact) mass is 193 g/mol. The molecule has 0 unspecified atom stereocenters. The maximum Gasteiger partial charge on any atom is 0.261 e. The van der Waals surface area contributed by atoms with E-state index in [2.05, 4.69) is 15.3 Å². The number of hydrogen-bond donors (Lipinski definition) is 1. The SMILES string of the molecule is CCC1=NC2=NC(=S)NC(=O)C2=C1.